The Hall–Kier alpha value is -1.02. The molecule has 2 N–H and O–H groups in total. The Labute approximate surface area is 124 Å². The summed E-state index contributed by atoms with van der Waals surface area (Å²) in [6, 6.07) is 15.9. The van der Waals surface area contributed by atoms with Crippen LogP contribution in [0.3, 0.4) is 0 Å². The van der Waals surface area contributed by atoms with Crippen LogP contribution in [0.5, 0.6) is 0 Å². The molecule has 0 fully saturated rings. The van der Waals surface area contributed by atoms with Crippen LogP contribution in [0.4, 0.5) is 0 Å². The van der Waals surface area contributed by atoms with Crippen molar-refractivity contribution in [2.75, 3.05) is 0 Å². The Morgan fingerprint density at radius 2 is 1.37 bits per heavy atom. The van der Waals surface area contributed by atoms with Gasteiger partial charge in [-0.25, -0.2) is 0 Å². The second-order valence-corrected chi connectivity index (χ2v) is 5.72. The molecule has 0 spiro atoms. The van der Waals surface area contributed by atoms with Crippen molar-refractivity contribution in [3.05, 3.63) is 69.7 Å². The minimum Gasteiger partial charge on any atom is -0.327 e. The minimum absolute atomic E-state index is 0.0804. The Morgan fingerprint density at radius 1 is 0.895 bits per heavy atom. The fourth-order valence-electron chi connectivity index (χ4n) is 2.19. The SMILES string of the molecule is C[C@@H](N)[C@H](Cc1ccc(Cl)cc1)c1ccc(Cl)cc1. The highest BCUT2D eigenvalue weighted by Crippen LogP contribution is 2.25. The maximum Gasteiger partial charge on any atom is 0.0406 e. The Kier molecular flexibility index (Phi) is 4.87. The van der Waals surface area contributed by atoms with Crippen LogP contribution in [0.1, 0.15) is 24.0 Å². The molecule has 2 aromatic rings. The topological polar surface area (TPSA) is 26.0 Å². The quantitative estimate of drug-likeness (QED) is 0.871. The van der Waals surface area contributed by atoms with E-state index < -0.39 is 0 Å². The Balaban J connectivity index is 2.21. The van der Waals surface area contributed by atoms with E-state index in [9.17, 15) is 0 Å². The molecule has 0 unspecified atom stereocenters. The van der Waals surface area contributed by atoms with Crippen molar-refractivity contribution in [3.63, 3.8) is 0 Å². The number of hydrogen-bond acceptors (Lipinski definition) is 1. The monoisotopic (exact) mass is 293 g/mol. The first-order valence-corrected chi connectivity index (χ1v) is 7.07. The molecule has 0 aliphatic heterocycles. The number of hydrogen-bond donors (Lipinski definition) is 1. The van der Waals surface area contributed by atoms with Crippen molar-refractivity contribution in [3.8, 4) is 0 Å². The van der Waals surface area contributed by atoms with Crippen LogP contribution in [-0.4, -0.2) is 6.04 Å². The normalized spacial score (nSPS) is 14.1. The minimum atomic E-state index is 0.0804. The zero-order valence-electron chi connectivity index (χ0n) is 10.8. The molecule has 2 aromatic carbocycles. The van der Waals surface area contributed by atoms with Gasteiger partial charge in [0.15, 0.2) is 0 Å². The highest BCUT2D eigenvalue weighted by molar-refractivity contribution is 6.30. The Bertz CT molecular complexity index is 517. The summed E-state index contributed by atoms with van der Waals surface area (Å²) in [6.07, 6.45) is 0.899. The van der Waals surface area contributed by atoms with Crippen LogP contribution in [0, 0.1) is 0 Å². The van der Waals surface area contributed by atoms with Crippen LogP contribution < -0.4 is 5.73 Å². The van der Waals surface area contributed by atoms with Crippen molar-refractivity contribution in [1.29, 1.82) is 0 Å². The first kappa shape index (κ1) is 14.4. The molecule has 2 rings (SSSR count). The molecule has 0 aliphatic carbocycles. The molecule has 2 atom stereocenters. The predicted molar refractivity (Wildman–Crippen MR) is 83.0 cm³/mol. The predicted octanol–water partition coefficient (Wildman–Crippen LogP) is 4.67. The summed E-state index contributed by atoms with van der Waals surface area (Å²) >= 11 is 11.8. The van der Waals surface area contributed by atoms with Gasteiger partial charge in [0.2, 0.25) is 0 Å². The van der Waals surface area contributed by atoms with E-state index >= 15 is 0 Å². The van der Waals surface area contributed by atoms with Gasteiger partial charge in [-0.1, -0.05) is 47.5 Å². The third kappa shape index (κ3) is 3.97. The third-order valence-electron chi connectivity index (χ3n) is 3.30. The van der Waals surface area contributed by atoms with E-state index in [0.29, 0.717) is 0 Å². The maximum atomic E-state index is 6.13. The maximum absolute atomic E-state index is 6.13. The number of nitrogens with two attached hydrogens (primary N) is 1. The number of benzene rings is 2. The van der Waals surface area contributed by atoms with Gasteiger partial charge in [0.05, 0.1) is 0 Å². The lowest BCUT2D eigenvalue weighted by Crippen LogP contribution is -2.26. The fraction of sp³-hybridized carbons (Fsp3) is 0.250. The van der Waals surface area contributed by atoms with E-state index in [1.165, 1.54) is 11.1 Å². The molecule has 0 aliphatic rings. The molecule has 0 bridgehead atoms. The molecule has 3 heteroatoms. The molecule has 0 saturated heterocycles. The summed E-state index contributed by atoms with van der Waals surface area (Å²) in [6.45, 7) is 2.04. The molecule has 1 nitrogen and oxygen atoms in total. The van der Waals surface area contributed by atoms with Crippen molar-refractivity contribution in [2.45, 2.75) is 25.3 Å². The molecule has 0 amide bonds. The van der Waals surface area contributed by atoms with Crippen molar-refractivity contribution in [2.24, 2.45) is 5.73 Å². The molecular weight excluding hydrogens is 277 g/mol. The average Bonchev–Trinajstić information content (AvgIpc) is 2.39. The van der Waals surface area contributed by atoms with Crippen LogP contribution in [0.15, 0.2) is 48.5 Å². The van der Waals surface area contributed by atoms with Gasteiger partial charge in [0.1, 0.15) is 0 Å². The van der Waals surface area contributed by atoms with Gasteiger partial charge in [-0.05, 0) is 48.7 Å². The van der Waals surface area contributed by atoms with Crippen molar-refractivity contribution < 1.29 is 0 Å². The lowest BCUT2D eigenvalue weighted by atomic mass is 9.87. The first-order valence-electron chi connectivity index (χ1n) is 6.32. The third-order valence-corrected chi connectivity index (χ3v) is 3.81. The van der Waals surface area contributed by atoms with Gasteiger partial charge in [0.25, 0.3) is 0 Å². The molecule has 0 saturated carbocycles. The van der Waals surface area contributed by atoms with Gasteiger partial charge in [-0.2, -0.15) is 0 Å². The van der Waals surface area contributed by atoms with Crippen LogP contribution in [0.25, 0.3) is 0 Å². The largest absolute Gasteiger partial charge is 0.327 e. The van der Waals surface area contributed by atoms with Crippen LogP contribution >= 0.6 is 23.2 Å². The second-order valence-electron chi connectivity index (χ2n) is 4.85. The van der Waals surface area contributed by atoms with E-state index in [4.69, 9.17) is 28.9 Å². The zero-order chi connectivity index (χ0) is 13.8. The van der Waals surface area contributed by atoms with Gasteiger partial charge in [-0.15, -0.1) is 0 Å². The Morgan fingerprint density at radius 3 is 1.84 bits per heavy atom. The highest BCUT2D eigenvalue weighted by Gasteiger charge is 2.16. The molecule has 0 aromatic heterocycles. The lowest BCUT2D eigenvalue weighted by Gasteiger charge is -2.21. The summed E-state index contributed by atoms with van der Waals surface area (Å²) in [5.74, 6) is 0.276. The van der Waals surface area contributed by atoms with E-state index in [1.54, 1.807) is 0 Å². The van der Waals surface area contributed by atoms with Gasteiger partial charge in [0, 0.05) is 22.0 Å². The van der Waals surface area contributed by atoms with Crippen LogP contribution in [-0.2, 0) is 6.42 Å². The summed E-state index contributed by atoms with van der Waals surface area (Å²) in [4.78, 5) is 0. The smallest absolute Gasteiger partial charge is 0.0406 e. The summed E-state index contributed by atoms with van der Waals surface area (Å²) in [5, 5.41) is 1.51. The molecule has 0 radical (unpaired) electrons. The van der Waals surface area contributed by atoms with Crippen molar-refractivity contribution in [1.82, 2.24) is 0 Å². The summed E-state index contributed by atoms with van der Waals surface area (Å²) in [7, 11) is 0. The highest BCUT2D eigenvalue weighted by atomic mass is 35.5. The van der Waals surface area contributed by atoms with E-state index in [1.807, 2.05) is 55.5 Å². The van der Waals surface area contributed by atoms with Gasteiger partial charge >= 0.3 is 0 Å². The fourth-order valence-corrected chi connectivity index (χ4v) is 2.44. The first-order chi connectivity index (χ1) is 9.06. The van der Waals surface area contributed by atoms with E-state index in [2.05, 4.69) is 0 Å². The lowest BCUT2D eigenvalue weighted by molar-refractivity contribution is 0.565. The number of halogens is 2. The zero-order valence-corrected chi connectivity index (χ0v) is 12.3. The molecule has 0 heterocycles. The summed E-state index contributed by atoms with van der Waals surface area (Å²) < 4.78 is 0. The van der Waals surface area contributed by atoms with Crippen LogP contribution in [0.2, 0.25) is 10.0 Å². The average molecular weight is 294 g/mol. The molecular formula is C16H17Cl2N. The van der Waals surface area contributed by atoms with Gasteiger partial charge in [-0.3, -0.25) is 0 Å². The summed E-state index contributed by atoms with van der Waals surface area (Å²) in [5.41, 5.74) is 8.58. The van der Waals surface area contributed by atoms with E-state index in [-0.39, 0.29) is 12.0 Å². The molecule has 19 heavy (non-hydrogen) atoms. The van der Waals surface area contributed by atoms with Crippen molar-refractivity contribution >= 4 is 23.2 Å². The van der Waals surface area contributed by atoms with Gasteiger partial charge < -0.3 is 5.73 Å². The second kappa shape index (κ2) is 6.42. The molecule has 100 valence electrons. The van der Waals surface area contributed by atoms with E-state index in [0.717, 1.165) is 16.5 Å². The standard InChI is InChI=1S/C16H17Cl2N/c1-11(19)16(13-4-8-15(18)9-5-13)10-12-2-6-14(17)7-3-12/h2-9,11,16H,10,19H2,1H3/t11-,16+/m1/s1. The number of rotatable bonds is 4.